The third-order valence-corrected chi connectivity index (χ3v) is 1.15. The molecule has 0 aromatic carbocycles. The minimum absolute atomic E-state index is 0. The Labute approximate surface area is 71.3 Å². The van der Waals surface area contributed by atoms with Crippen LogP contribution in [0, 0.1) is 11.3 Å². The van der Waals surface area contributed by atoms with E-state index in [9.17, 15) is 0 Å². The van der Waals surface area contributed by atoms with Crippen LogP contribution in [0.5, 0.6) is 0 Å². The van der Waals surface area contributed by atoms with Crippen molar-refractivity contribution in [2.75, 3.05) is 0 Å². The van der Waals surface area contributed by atoms with Crippen LogP contribution >= 0.6 is 12.4 Å². The molecule has 3 nitrogen and oxygen atoms in total. The summed E-state index contributed by atoms with van der Waals surface area (Å²) < 4.78 is 0. The highest BCUT2D eigenvalue weighted by Crippen LogP contribution is 2.02. The highest BCUT2D eigenvalue weighted by Gasteiger charge is 2.01. The molecule has 0 amide bonds. The summed E-state index contributed by atoms with van der Waals surface area (Å²) in [6.45, 7) is 0. The lowest BCUT2D eigenvalue weighted by molar-refractivity contribution is 0.875. The van der Waals surface area contributed by atoms with Crippen LogP contribution < -0.4 is 5.73 Å². The van der Waals surface area contributed by atoms with Crippen molar-refractivity contribution in [2.24, 2.45) is 5.73 Å². The Morgan fingerprint density at radius 1 is 1.55 bits per heavy atom. The fraction of sp³-hybridized carbons (Fsp3) is 0.143. The molecule has 1 atom stereocenters. The third kappa shape index (κ3) is 2.54. The Bertz CT molecular complexity index is 242. The van der Waals surface area contributed by atoms with Crippen LogP contribution in [0.1, 0.15) is 11.7 Å². The molecule has 0 bridgehead atoms. The molecule has 1 unspecified atom stereocenters. The van der Waals surface area contributed by atoms with Crippen molar-refractivity contribution in [1.82, 2.24) is 4.98 Å². The number of rotatable bonds is 1. The number of nitriles is 1. The summed E-state index contributed by atoms with van der Waals surface area (Å²) in [6, 6.07) is 6.62. The minimum atomic E-state index is -0.596. The average molecular weight is 170 g/mol. The first kappa shape index (κ1) is 9.89. The van der Waals surface area contributed by atoms with Crippen LogP contribution in [-0.4, -0.2) is 4.98 Å². The number of hydrogen-bond donors (Lipinski definition) is 1. The molecule has 0 aliphatic carbocycles. The van der Waals surface area contributed by atoms with Crippen LogP contribution in [0.15, 0.2) is 24.4 Å². The average Bonchev–Trinajstić information content (AvgIpc) is 2.05. The number of aromatic nitrogens is 1. The molecular weight excluding hydrogens is 162 g/mol. The van der Waals surface area contributed by atoms with E-state index < -0.39 is 6.04 Å². The van der Waals surface area contributed by atoms with Crippen molar-refractivity contribution in [3.63, 3.8) is 0 Å². The first-order valence-electron chi connectivity index (χ1n) is 2.90. The highest BCUT2D eigenvalue weighted by molar-refractivity contribution is 5.85. The molecule has 0 spiro atoms. The lowest BCUT2D eigenvalue weighted by Gasteiger charge is -1.98. The van der Waals surface area contributed by atoms with E-state index in [1.807, 2.05) is 6.07 Å². The molecule has 0 saturated heterocycles. The van der Waals surface area contributed by atoms with Crippen molar-refractivity contribution < 1.29 is 0 Å². The van der Waals surface area contributed by atoms with Crippen molar-refractivity contribution in [2.45, 2.75) is 6.04 Å². The van der Waals surface area contributed by atoms with Gasteiger partial charge in [0.05, 0.1) is 11.8 Å². The Kier molecular flexibility index (Phi) is 4.20. The summed E-state index contributed by atoms with van der Waals surface area (Å²) in [5, 5.41) is 8.37. The normalized spacial score (nSPS) is 10.9. The molecule has 0 saturated carbocycles. The van der Waals surface area contributed by atoms with Gasteiger partial charge in [0.25, 0.3) is 0 Å². The molecule has 1 aromatic heterocycles. The van der Waals surface area contributed by atoms with Gasteiger partial charge in [0.15, 0.2) is 0 Å². The van der Waals surface area contributed by atoms with Crippen molar-refractivity contribution >= 4 is 12.4 Å². The zero-order valence-electron chi connectivity index (χ0n) is 5.77. The summed E-state index contributed by atoms with van der Waals surface area (Å²) in [5.74, 6) is 0. The highest BCUT2D eigenvalue weighted by atomic mass is 35.5. The van der Waals surface area contributed by atoms with Gasteiger partial charge < -0.3 is 5.73 Å². The molecule has 1 aromatic rings. The smallest absolute Gasteiger partial charge is 0.135 e. The second-order valence-electron chi connectivity index (χ2n) is 1.86. The summed E-state index contributed by atoms with van der Waals surface area (Å²) in [5.41, 5.74) is 5.99. The molecule has 11 heavy (non-hydrogen) atoms. The van der Waals surface area contributed by atoms with E-state index in [0.29, 0.717) is 5.69 Å². The van der Waals surface area contributed by atoms with E-state index in [-0.39, 0.29) is 12.4 Å². The van der Waals surface area contributed by atoms with Crippen LogP contribution in [0.4, 0.5) is 0 Å². The molecule has 0 aliphatic rings. The van der Waals surface area contributed by atoms with Gasteiger partial charge in [-0.25, -0.2) is 0 Å². The third-order valence-electron chi connectivity index (χ3n) is 1.15. The molecule has 58 valence electrons. The second-order valence-corrected chi connectivity index (χ2v) is 1.86. The Balaban J connectivity index is 0.000001000. The topological polar surface area (TPSA) is 62.7 Å². The molecule has 0 radical (unpaired) electrons. The molecule has 0 fully saturated rings. The van der Waals surface area contributed by atoms with Gasteiger partial charge >= 0.3 is 0 Å². The second kappa shape index (κ2) is 4.67. The van der Waals surface area contributed by atoms with Gasteiger partial charge in [-0.05, 0) is 12.1 Å². The lowest BCUT2D eigenvalue weighted by atomic mass is 10.2. The van der Waals surface area contributed by atoms with Gasteiger partial charge in [-0.15, -0.1) is 12.4 Å². The maximum absolute atomic E-state index is 8.37. The first-order chi connectivity index (χ1) is 4.84. The van der Waals surface area contributed by atoms with Crippen molar-refractivity contribution in [1.29, 1.82) is 5.26 Å². The zero-order valence-corrected chi connectivity index (χ0v) is 6.58. The fourth-order valence-electron chi connectivity index (χ4n) is 0.626. The Hall–Kier alpha value is -1.11. The van der Waals surface area contributed by atoms with Gasteiger partial charge in [0, 0.05) is 6.20 Å². The van der Waals surface area contributed by atoms with Crippen LogP contribution in [0.3, 0.4) is 0 Å². The molecule has 1 rings (SSSR count). The fourth-order valence-corrected chi connectivity index (χ4v) is 0.626. The number of hydrogen-bond acceptors (Lipinski definition) is 3. The van der Waals surface area contributed by atoms with E-state index in [1.165, 1.54) is 0 Å². The molecule has 1 heterocycles. The Morgan fingerprint density at radius 3 is 2.73 bits per heavy atom. The summed E-state index contributed by atoms with van der Waals surface area (Å²) in [4.78, 5) is 3.90. The van der Waals surface area contributed by atoms with Gasteiger partial charge in [-0.1, -0.05) is 6.07 Å². The molecular formula is C7H8ClN3. The standard InChI is InChI=1S/C7H7N3.ClH/c8-5-6(9)7-3-1-2-4-10-7;/h1-4,6H,9H2;1H. The van der Waals surface area contributed by atoms with E-state index in [0.717, 1.165) is 0 Å². The quantitative estimate of drug-likeness (QED) is 0.683. The lowest BCUT2D eigenvalue weighted by Crippen LogP contribution is -2.08. The van der Waals surface area contributed by atoms with E-state index in [1.54, 1.807) is 24.4 Å². The summed E-state index contributed by atoms with van der Waals surface area (Å²) in [6.07, 6.45) is 1.62. The summed E-state index contributed by atoms with van der Waals surface area (Å²) in [7, 11) is 0. The SMILES string of the molecule is Cl.N#CC(N)c1ccccn1. The zero-order chi connectivity index (χ0) is 7.40. The van der Waals surface area contributed by atoms with Gasteiger partial charge in [0.2, 0.25) is 0 Å². The van der Waals surface area contributed by atoms with Crippen LogP contribution in [-0.2, 0) is 0 Å². The minimum Gasteiger partial charge on any atom is -0.311 e. The Morgan fingerprint density at radius 2 is 2.27 bits per heavy atom. The number of pyridine rings is 1. The molecule has 4 heteroatoms. The number of nitrogens with two attached hydrogens (primary N) is 1. The predicted octanol–water partition coefficient (Wildman–Crippen LogP) is 1.03. The number of halogens is 1. The number of nitrogens with zero attached hydrogens (tertiary/aromatic N) is 2. The van der Waals surface area contributed by atoms with Crippen LogP contribution in [0.25, 0.3) is 0 Å². The summed E-state index contributed by atoms with van der Waals surface area (Å²) >= 11 is 0. The maximum atomic E-state index is 8.37. The predicted molar refractivity (Wildman–Crippen MR) is 44.0 cm³/mol. The van der Waals surface area contributed by atoms with E-state index >= 15 is 0 Å². The van der Waals surface area contributed by atoms with Crippen molar-refractivity contribution in [3.05, 3.63) is 30.1 Å². The van der Waals surface area contributed by atoms with Gasteiger partial charge in [-0.3, -0.25) is 4.98 Å². The molecule has 2 N–H and O–H groups in total. The van der Waals surface area contributed by atoms with Gasteiger partial charge in [-0.2, -0.15) is 5.26 Å². The monoisotopic (exact) mass is 169 g/mol. The van der Waals surface area contributed by atoms with Crippen molar-refractivity contribution in [3.8, 4) is 6.07 Å². The maximum Gasteiger partial charge on any atom is 0.135 e. The largest absolute Gasteiger partial charge is 0.311 e. The van der Waals surface area contributed by atoms with Gasteiger partial charge in [0.1, 0.15) is 6.04 Å². The first-order valence-corrected chi connectivity index (χ1v) is 2.90. The van der Waals surface area contributed by atoms with Crippen LogP contribution in [0.2, 0.25) is 0 Å². The molecule has 0 aliphatic heterocycles. The van der Waals surface area contributed by atoms with E-state index in [2.05, 4.69) is 4.98 Å². The van der Waals surface area contributed by atoms with E-state index in [4.69, 9.17) is 11.0 Å².